The van der Waals surface area contributed by atoms with Gasteiger partial charge in [-0.25, -0.2) is 0 Å². The molecule has 1 amide bonds. The lowest BCUT2D eigenvalue weighted by Gasteiger charge is -2.33. The van der Waals surface area contributed by atoms with E-state index in [1.807, 2.05) is 4.90 Å². The topological polar surface area (TPSA) is 78.8 Å². The van der Waals surface area contributed by atoms with Crippen LogP contribution in [0, 0.1) is 5.92 Å². The van der Waals surface area contributed by atoms with Crippen LogP contribution < -0.4 is 5.32 Å². The van der Waals surface area contributed by atoms with E-state index in [9.17, 15) is 13.2 Å². The second-order valence-corrected chi connectivity index (χ2v) is 9.70. The Balaban J connectivity index is 1.54. The number of fused-ring (bicyclic) bond motifs is 1. The highest BCUT2D eigenvalue weighted by molar-refractivity contribution is 7.90. The van der Waals surface area contributed by atoms with Crippen molar-refractivity contribution in [1.82, 2.24) is 4.90 Å². The summed E-state index contributed by atoms with van der Waals surface area (Å²) >= 11 is 18.1. The van der Waals surface area contributed by atoms with Gasteiger partial charge in [0.05, 0.1) is 26.7 Å². The molecule has 1 fully saturated rings. The molecule has 0 aromatic heterocycles. The van der Waals surface area contributed by atoms with Crippen LogP contribution in [0.1, 0.15) is 18.4 Å². The third-order valence-electron chi connectivity index (χ3n) is 4.97. The molecule has 2 aliphatic rings. The Bertz CT molecular complexity index is 1130. The Morgan fingerprint density at radius 2 is 1.83 bits per heavy atom. The van der Waals surface area contributed by atoms with Crippen molar-refractivity contribution in [3.63, 3.8) is 0 Å². The number of benzene rings is 2. The van der Waals surface area contributed by atoms with Crippen LogP contribution in [0.5, 0.6) is 0 Å². The number of hydrogen-bond donors (Lipinski definition) is 1. The summed E-state index contributed by atoms with van der Waals surface area (Å²) in [5.74, 6) is -0.178. The van der Waals surface area contributed by atoms with Crippen molar-refractivity contribution >= 4 is 62.3 Å². The minimum absolute atomic E-state index is 0.198. The molecule has 2 aromatic rings. The zero-order valence-electron chi connectivity index (χ0n) is 15.0. The number of anilines is 1. The highest BCUT2D eigenvalue weighted by Crippen LogP contribution is 2.33. The van der Waals surface area contributed by atoms with E-state index in [1.54, 1.807) is 24.3 Å². The SMILES string of the molecule is O=C(Nc1cc(Cl)c(Cl)cc1Cl)C1CCCN(C2=NS(=O)(=O)c3ccccc32)C1. The summed E-state index contributed by atoms with van der Waals surface area (Å²) in [4.78, 5) is 14.9. The number of nitrogens with zero attached hydrogens (tertiary/aromatic N) is 2. The molecule has 1 saturated heterocycles. The van der Waals surface area contributed by atoms with Gasteiger partial charge in [-0.05, 0) is 37.1 Å². The number of carbonyl (C=O) groups is 1. The first-order valence-electron chi connectivity index (χ1n) is 8.91. The fourth-order valence-electron chi connectivity index (χ4n) is 3.55. The summed E-state index contributed by atoms with van der Waals surface area (Å²) < 4.78 is 28.6. The monoisotopic (exact) mass is 471 g/mol. The molecule has 1 N–H and O–H groups in total. The molecule has 0 aliphatic carbocycles. The largest absolute Gasteiger partial charge is 0.355 e. The van der Waals surface area contributed by atoms with E-state index in [1.165, 1.54) is 12.1 Å². The number of likely N-dealkylation sites (tertiary alicyclic amines) is 1. The first-order valence-corrected chi connectivity index (χ1v) is 11.5. The predicted octanol–water partition coefficient (Wildman–Crippen LogP) is 4.45. The number of carbonyl (C=O) groups excluding carboxylic acids is 1. The van der Waals surface area contributed by atoms with Crippen molar-refractivity contribution in [3.05, 3.63) is 57.0 Å². The Labute approximate surface area is 183 Å². The van der Waals surface area contributed by atoms with E-state index in [0.29, 0.717) is 51.7 Å². The Kier molecular flexibility index (Phi) is 5.50. The van der Waals surface area contributed by atoms with E-state index in [0.717, 1.165) is 6.42 Å². The second kappa shape index (κ2) is 7.80. The van der Waals surface area contributed by atoms with Crippen LogP contribution in [0.4, 0.5) is 5.69 Å². The lowest BCUT2D eigenvalue weighted by atomic mass is 9.96. The fraction of sp³-hybridized carbons (Fsp3) is 0.263. The average molecular weight is 473 g/mol. The van der Waals surface area contributed by atoms with Crippen LogP contribution in [0.3, 0.4) is 0 Å². The molecule has 2 aliphatic heterocycles. The number of amides is 1. The van der Waals surface area contributed by atoms with Gasteiger partial charge < -0.3 is 10.2 Å². The predicted molar refractivity (Wildman–Crippen MR) is 115 cm³/mol. The van der Waals surface area contributed by atoms with Crippen molar-refractivity contribution in [3.8, 4) is 0 Å². The normalized spacial score (nSPS) is 20.2. The highest BCUT2D eigenvalue weighted by atomic mass is 35.5. The molecular weight excluding hydrogens is 457 g/mol. The first-order chi connectivity index (χ1) is 13.8. The number of amidine groups is 1. The number of halogens is 3. The van der Waals surface area contributed by atoms with Crippen LogP contribution in [0.2, 0.25) is 15.1 Å². The maximum absolute atomic E-state index is 12.8. The summed E-state index contributed by atoms with van der Waals surface area (Å²) in [6, 6.07) is 9.70. The molecule has 0 radical (unpaired) electrons. The van der Waals surface area contributed by atoms with Gasteiger partial charge in [0.25, 0.3) is 10.0 Å². The van der Waals surface area contributed by atoms with Gasteiger partial charge in [-0.1, -0.05) is 46.9 Å². The Morgan fingerprint density at radius 1 is 1.10 bits per heavy atom. The fourth-order valence-corrected chi connectivity index (χ4v) is 5.37. The Morgan fingerprint density at radius 3 is 2.62 bits per heavy atom. The number of piperidine rings is 1. The van der Waals surface area contributed by atoms with Crippen LogP contribution >= 0.6 is 34.8 Å². The standard InChI is InChI=1S/C19H16Cl3N3O3S/c20-13-8-15(22)16(9-14(13)21)23-19(26)11-4-3-7-25(10-11)18-12-5-1-2-6-17(12)29(27,28)24-18/h1-2,5-6,8-9,11H,3-4,7,10H2,(H,23,26). The van der Waals surface area contributed by atoms with Crippen molar-refractivity contribution in [1.29, 1.82) is 0 Å². The molecule has 4 rings (SSSR count). The quantitative estimate of drug-likeness (QED) is 0.655. The van der Waals surface area contributed by atoms with Gasteiger partial charge in [0.15, 0.2) is 5.84 Å². The smallest absolute Gasteiger partial charge is 0.285 e. The number of hydrogen-bond acceptors (Lipinski definition) is 4. The van der Waals surface area contributed by atoms with E-state index < -0.39 is 10.0 Å². The summed E-state index contributed by atoms with van der Waals surface area (Å²) in [5.41, 5.74) is 0.954. The van der Waals surface area contributed by atoms with Gasteiger partial charge in [0.2, 0.25) is 5.91 Å². The van der Waals surface area contributed by atoms with E-state index in [-0.39, 0.29) is 16.7 Å². The van der Waals surface area contributed by atoms with Crippen LogP contribution in [-0.4, -0.2) is 38.2 Å². The average Bonchev–Trinajstić information content (AvgIpc) is 2.97. The molecule has 152 valence electrons. The molecule has 29 heavy (non-hydrogen) atoms. The maximum Gasteiger partial charge on any atom is 0.285 e. The second-order valence-electron chi connectivity index (χ2n) is 6.91. The third-order valence-corrected chi connectivity index (χ3v) is 7.33. The summed E-state index contributed by atoms with van der Waals surface area (Å²) in [6.45, 7) is 0.980. The minimum Gasteiger partial charge on any atom is -0.355 e. The number of nitrogens with one attached hydrogen (secondary N) is 1. The van der Waals surface area contributed by atoms with Crippen molar-refractivity contribution in [2.45, 2.75) is 17.7 Å². The third kappa shape index (κ3) is 3.97. The molecule has 1 unspecified atom stereocenters. The zero-order chi connectivity index (χ0) is 20.8. The summed E-state index contributed by atoms with van der Waals surface area (Å²) in [5, 5.41) is 3.68. The van der Waals surface area contributed by atoms with E-state index in [2.05, 4.69) is 9.71 Å². The van der Waals surface area contributed by atoms with Gasteiger partial charge in [0, 0.05) is 18.7 Å². The van der Waals surface area contributed by atoms with Gasteiger partial charge in [-0.15, -0.1) is 4.40 Å². The van der Waals surface area contributed by atoms with Crippen LogP contribution in [0.25, 0.3) is 0 Å². The number of sulfonamides is 1. The van der Waals surface area contributed by atoms with Crippen molar-refractivity contribution in [2.24, 2.45) is 10.3 Å². The summed E-state index contributed by atoms with van der Waals surface area (Å²) in [7, 11) is -3.70. The number of rotatable bonds is 2. The van der Waals surface area contributed by atoms with Crippen molar-refractivity contribution in [2.75, 3.05) is 18.4 Å². The van der Waals surface area contributed by atoms with Gasteiger partial charge in [-0.2, -0.15) is 8.42 Å². The summed E-state index contributed by atoms with van der Waals surface area (Å²) in [6.07, 6.45) is 1.40. The van der Waals surface area contributed by atoms with E-state index in [4.69, 9.17) is 34.8 Å². The molecule has 10 heteroatoms. The lowest BCUT2D eigenvalue weighted by Crippen LogP contribution is -2.43. The van der Waals surface area contributed by atoms with Crippen molar-refractivity contribution < 1.29 is 13.2 Å². The molecule has 1 atom stereocenters. The molecule has 6 nitrogen and oxygen atoms in total. The van der Waals surface area contributed by atoms with Gasteiger partial charge in [0.1, 0.15) is 4.90 Å². The van der Waals surface area contributed by atoms with Gasteiger partial charge >= 0.3 is 0 Å². The van der Waals surface area contributed by atoms with Crippen LogP contribution in [-0.2, 0) is 14.8 Å². The highest BCUT2D eigenvalue weighted by Gasteiger charge is 2.35. The molecule has 0 bridgehead atoms. The molecule has 2 aromatic carbocycles. The minimum atomic E-state index is -3.70. The molecular formula is C19H16Cl3N3O3S. The molecule has 2 heterocycles. The molecule has 0 saturated carbocycles. The zero-order valence-corrected chi connectivity index (χ0v) is 18.1. The first kappa shape index (κ1) is 20.5. The molecule has 0 spiro atoms. The maximum atomic E-state index is 12.8. The van der Waals surface area contributed by atoms with Crippen LogP contribution in [0.15, 0.2) is 45.7 Å². The van der Waals surface area contributed by atoms with E-state index >= 15 is 0 Å². The Hall–Kier alpha value is -1.80. The lowest BCUT2D eigenvalue weighted by molar-refractivity contribution is -0.121. The van der Waals surface area contributed by atoms with Gasteiger partial charge in [-0.3, -0.25) is 4.79 Å².